The van der Waals surface area contributed by atoms with Crippen LogP contribution in [-0.4, -0.2) is 23.7 Å². The Morgan fingerprint density at radius 1 is 0.886 bits per heavy atom. The number of hydrogen-bond acceptors (Lipinski definition) is 5. The molecular formula is C28H46NO5P. The minimum Gasteiger partial charge on any atom is -0.304 e. The van der Waals surface area contributed by atoms with Gasteiger partial charge in [-0.25, -0.2) is 0 Å². The van der Waals surface area contributed by atoms with E-state index in [2.05, 4.69) is 41.5 Å². The molecule has 35 heavy (non-hydrogen) atoms. The molecule has 0 amide bonds. The van der Waals surface area contributed by atoms with Gasteiger partial charge in [0.15, 0.2) is 5.66 Å². The molecule has 0 N–H and O–H groups in total. The predicted octanol–water partition coefficient (Wildman–Crippen LogP) is 8.15. The van der Waals surface area contributed by atoms with Crippen molar-refractivity contribution >= 4 is 7.60 Å². The highest BCUT2D eigenvalue weighted by atomic mass is 31.2. The standard InChI is InChI=1S/C28H46NO5P/c1-19(2)24-14-12-21(5)16-26(24)33-35(32,28(18-29(30)31)23-10-8-7-9-11-23)34-27-17-22(6)13-15-25(27)20(3)4/h7-11,19-22,24-28H,12-18H2,1-6H3/t21-,22+,24-,25-,26-,27-,28-,35?/m1/s1. The second-order valence-corrected chi connectivity index (χ2v) is 14.0. The van der Waals surface area contributed by atoms with Crippen molar-refractivity contribution in [2.75, 3.05) is 6.54 Å². The van der Waals surface area contributed by atoms with Crippen LogP contribution in [0.15, 0.2) is 30.3 Å². The average molecular weight is 508 g/mol. The van der Waals surface area contributed by atoms with Gasteiger partial charge in [0.25, 0.3) is 0 Å². The molecule has 1 aromatic rings. The quantitative estimate of drug-likeness (QED) is 0.181. The van der Waals surface area contributed by atoms with Crippen LogP contribution in [0.5, 0.6) is 0 Å². The lowest BCUT2D eigenvalue weighted by Gasteiger charge is -2.43. The largest absolute Gasteiger partial charge is 0.345 e. The third-order valence-electron chi connectivity index (χ3n) is 8.38. The molecule has 2 aliphatic rings. The molecule has 0 saturated heterocycles. The van der Waals surface area contributed by atoms with Crippen molar-refractivity contribution in [3.63, 3.8) is 0 Å². The van der Waals surface area contributed by atoms with Gasteiger partial charge in [-0.15, -0.1) is 0 Å². The Balaban J connectivity index is 2.03. The van der Waals surface area contributed by atoms with Gasteiger partial charge < -0.3 is 9.05 Å². The molecule has 0 heterocycles. The lowest BCUT2D eigenvalue weighted by atomic mass is 9.75. The van der Waals surface area contributed by atoms with Crippen LogP contribution in [0.2, 0.25) is 0 Å². The molecule has 0 aromatic heterocycles. The third kappa shape index (κ3) is 7.40. The predicted molar refractivity (Wildman–Crippen MR) is 141 cm³/mol. The topological polar surface area (TPSA) is 78.7 Å². The Bertz CT molecular complexity index is 822. The van der Waals surface area contributed by atoms with Gasteiger partial charge in [-0.3, -0.25) is 14.7 Å². The van der Waals surface area contributed by atoms with Crippen molar-refractivity contribution in [3.05, 3.63) is 46.0 Å². The van der Waals surface area contributed by atoms with Gasteiger partial charge in [0.1, 0.15) is 0 Å². The van der Waals surface area contributed by atoms with E-state index < -0.39 is 19.8 Å². The van der Waals surface area contributed by atoms with Gasteiger partial charge in [-0.2, -0.15) is 0 Å². The first kappa shape index (κ1) is 28.3. The van der Waals surface area contributed by atoms with E-state index in [1.54, 1.807) is 0 Å². The van der Waals surface area contributed by atoms with Gasteiger partial charge in [0.2, 0.25) is 6.54 Å². The maximum absolute atomic E-state index is 15.0. The zero-order valence-corrected chi connectivity index (χ0v) is 23.4. The summed E-state index contributed by atoms with van der Waals surface area (Å²) >= 11 is 0. The van der Waals surface area contributed by atoms with Crippen LogP contribution in [0.25, 0.3) is 0 Å². The first-order valence-electron chi connectivity index (χ1n) is 13.6. The van der Waals surface area contributed by atoms with E-state index in [1.807, 2.05) is 30.3 Å². The normalized spacial score (nSPS) is 32.3. The summed E-state index contributed by atoms with van der Waals surface area (Å²) in [5.74, 6) is 2.22. The molecule has 2 fully saturated rings. The maximum atomic E-state index is 15.0. The Labute approximate surface area is 212 Å². The third-order valence-corrected chi connectivity index (χ3v) is 10.7. The molecule has 2 aliphatic carbocycles. The van der Waals surface area contributed by atoms with E-state index in [4.69, 9.17) is 9.05 Å². The number of nitrogens with zero attached hydrogens (tertiary/aromatic N) is 1. The molecule has 7 heteroatoms. The summed E-state index contributed by atoms with van der Waals surface area (Å²) in [6.07, 6.45) is 5.46. The number of hydrogen-bond donors (Lipinski definition) is 0. The Kier molecular flexibility index (Phi) is 9.99. The van der Waals surface area contributed by atoms with Crippen molar-refractivity contribution in [1.29, 1.82) is 0 Å². The van der Waals surface area contributed by atoms with Gasteiger partial charge in [0, 0.05) is 4.92 Å². The highest BCUT2D eigenvalue weighted by Crippen LogP contribution is 2.65. The van der Waals surface area contributed by atoms with Gasteiger partial charge in [0.05, 0.1) is 12.2 Å². The Hall–Kier alpha value is -1.23. The first-order chi connectivity index (χ1) is 16.5. The van der Waals surface area contributed by atoms with Crippen molar-refractivity contribution in [2.45, 2.75) is 97.9 Å². The van der Waals surface area contributed by atoms with E-state index in [1.165, 1.54) is 0 Å². The lowest BCUT2D eigenvalue weighted by Crippen LogP contribution is -2.37. The van der Waals surface area contributed by atoms with Crippen LogP contribution in [0.4, 0.5) is 0 Å². The molecular weight excluding hydrogens is 461 g/mol. The lowest BCUT2D eigenvalue weighted by molar-refractivity contribution is -0.480. The minimum absolute atomic E-state index is 0.221. The van der Waals surface area contributed by atoms with Crippen molar-refractivity contribution in [2.24, 2.45) is 35.5 Å². The van der Waals surface area contributed by atoms with E-state index in [0.717, 1.165) is 38.5 Å². The summed E-state index contributed by atoms with van der Waals surface area (Å²) in [6.45, 7) is 12.7. The second-order valence-electron chi connectivity index (χ2n) is 11.9. The zero-order valence-electron chi connectivity index (χ0n) is 22.5. The van der Waals surface area contributed by atoms with Crippen LogP contribution < -0.4 is 0 Å². The van der Waals surface area contributed by atoms with Crippen LogP contribution in [-0.2, 0) is 13.6 Å². The summed E-state index contributed by atoms with van der Waals surface area (Å²) < 4.78 is 28.3. The fraction of sp³-hybridized carbons (Fsp3) is 0.786. The van der Waals surface area contributed by atoms with Crippen LogP contribution in [0, 0.1) is 45.6 Å². The number of rotatable bonds is 10. The van der Waals surface area contributed by atoms with Crippen molar-refractivity contribution in [3.8, 4) is 0 Å². The molecule has 2 saturated carbocycles. The second kappa shape index (κ2) is 12.3. The highest BCUT2D eigenvalue weighted by Gasteiger charge is 2.48. The Morgan fingerprint density at radius 3 is 1.74 bits per heavy atom. The molecule has 8 atom stereocenters. The molecule has 1 unspecified atom stereocenters. The smallest absolute Gasteiger partial charge is 0.304 e. The summed E-state index contributed by atoms with van der Waals surface area (Å²) in [4.78, 5) is 11.5. The fourth-order valence-electron chi connectivity index (χ4n) is 6.23. The summed E-state index contributed by atoms with van der Waals surface area (Å²) in [7, 11) is -3.89. The van der Waals surface area contributed by atoms with Crippen LogP contribution >= 0.6 is 7.60 Å². The summed E-state index contributed by atoms with van der Waals surface area (Å²) in [5, 5.41) is 11.8. The maximum Gasteiger partial charge on any atom is 0.345 e. The summed E-state index contributed by atoms with van der Waals surface area (Å²) in [5.41, 5.74) is -0.267. The summed E-state index contributed by atoms with van der Waals surface area (Å²) in [6, 6.07) is 9.19. The molecule has 0 radical (unpaired) electrons. The molecule has 198 valence electrons. The SMILES string of the molecule is CC(C)[C@H]1CC[C@@H](C)C[C@H]1OP(=O)(O[C@@H]1C[C@@H](C)CC[C@@H]1C(C)C)[C@H](C[N+](=O)[O-])c1ccccc1. The van der Waals surface area contributed by atoms with Crippen LogP contribution in [0.1, 0.15) is 91.3 Å². The van der Waals surface area contributed by atoms with E-state index in [9.17, 15) is 14.7 Å². The molecule has 0 spiro atoms. The van der Waals surface area contributed by atoms with E-state index >= 15 is 0 Å². The average Bonchev–Trinajstić information content (AvgIpc) is 2.77. The molecule has 3 rings (SSSR count). The first-order valence-corrected chi connectivity index (χ1v) is 15.2. The number of nitro groups is 1. The van der Waals surface area contributed by atoms with Crippen molar-refractivity contribution < 1.29 is 18.5 Å². The molecule has 0 aliphatic heterocycles. The van der Waals surface area contributed by atoms with E-state index in [-0.39, 0.29) is 29.0 Å². The van der Waals surface area contributed by atoms with Gasteiger partial charge in [-0.1, -0.05) is 84.7 Å². The highest BCUT2D eigenvalue weighted by molar-refractivity contribution is 7.54. The van der Waals surface area contributed by atoms with Gasteiger partial charge in [-0.05, 0) is 66.8 Å². The van der Waals surface area contributed by atoms with Crippen molar-refractivity contribution in [1.82, 2.24) is 0 Å². The fourth-order valence-corrected chi connectivity index (χ4v) is 8.68. The molecule has 6 nitrogen and oxygen atoms in total. The van der Waals surface area contributed by atoms with E-state index in [0.29, 0.717) is 29.2 Å². The molecule has 0 bridgehead atoms. The molecule has 1 aromatic carbocycles. The van der Waals surface area contributed by atoms with Gasteiger partial charge >= 0.3 is 7.60 Å². The van der Waals surface area contributed by atoms with Crippen LogP contribution in [0.3, 0.4) is 0 Å². The Morgan fingerprint density at radius 2 is 1.34 bits per heavy atom. The number of benzene rings is 1. The minimum atomic E-state index is -3.89. The zero-order chi connectivity index (χ0) is 25.8. The monoisotopic (exact) mass is 507 g/mol.